The van der Waals surface area contributed by atoms with Gasteiger partial charge in [0, 0.05) is 0 Å². The predicted octanol–water partition coefficient (Wildman–Crippen LogP) is 7.63. The number of anilines is 1. The largest absolute Gasteiger partial charge is 0.399 e. The zero-order valence-electron chi connectivity index (χ0n) is 17.0. The van der Waals surface area contributed by atoms with Crippen LogP contribution in [0.2, 0.25) is 15.1 Å². The average molecular weight is 526 g/mol. The molecule has 1 heterocycles. The van der Waals surface area contributed by atoms with Crippen LogP contribution in [-0.4, -0.2) is 23.0 Å². The Bertz CT molecular complexity index is 1250. The van der Waals surface area contributed by atoms with E-state index in [2.05, 4.69) is 5.43 Å². The second-order valence-corrected chi connectivity index (χ2v) is 8.59. The first-order valence-corrected chi connectivity index (χ1v) is 10.9. The summed E-state index contributed by atoms with van der Waals surface area (Å²) in [5.41, 5.74) is 4.05. The molecule has 1 aliphatic heterocycles. The molecule has 3 aromatic rings. The Hall–Kier alpha value is -3.00. The summed E-state index contributed by atoms with van der Waals surface area (Å²) in [6.07, 6.45) is -2.30. The normalized spacial score (nSPS) is 14.6. The van der Waals surface area contributed by atoms with E-state index in [1.807, 2.05) is 0 Å². The number of hydrazine groups is 1. The van der Waals surface area contributed by atoms with Crippen LogP contribution in [0.5, 0.6) is 0 Å². The number of fused-ring (bicyclic) bond motifs is 1. The summed E-state index contributed by atoms with van der Waals surface area (Å²) in [4.78, 5) is 24.9. The fourth-order valence-electron chi connectivity index (χ4n) is 3.46. The van der Waals surface area contributed by atoms with Crippen LogP contribution in [0.1, 0.15) is 37.8 Å². The lowest BCUT2D eigenvalue weighted by molar-refractivity contribution is -0.139. The molecule has 10 heteroatoms. The van der Waals surface area contributed by atoms with Gasteiger partial charge < -0.3 is 0 Å². The highest BCUT2D eigenvalue weighted by Gasteiger charge is 2.39. The molecule has 0 bridgehead atoms. The molecule has 2 amide bonds. The molecular weight excluding hydrogens is 512 g/mol. The molecule has 1 unspecified atom stereocenters. The van der Waals surface area contributed by atoms with Gasteiger partial charge in [-0.25, -0.2) is 0 Å². The quantitative estimate of drug-likeness (QED) is 0.275. The highest BCUT2D eigenvalue weighted by Crippen LogP contribution is 2.41. The molecule has 34 heavy (non-hydrogen) atoms. The van der Waals surface area contributed by atoms with E-state index in [9.17, 15) is 22.8 Å². The molecule has 0 saturated heterocycles. The Morgan fingerprint density at radius 3 is 1.88 bits per heavy atom. The van der Waals surface area contributed by atoms with E-state index >= 15 is 0 Å². The first kappa shape index (κ1) is 24.1. The molecule has 0 aromatic heterocycles. The monoisotopic (exact) mass is 524 g/mol. The van der Waals surface area contributed by atoms with Crippen LogP contribution in [0.25, 0.3) is 6.08 Å². The lowest BCUT2D eigenvalue weighted by Gasteiger charge is -2.18. The number of nitrogens with one attached hydrogen (secondary N) is 1. The first-order chi connectivity index (χ1) is 16.1. The van der Waals surface area contributed by atoms with E-state index in [1.54, 1.807) is 48.5 Å². The molecule has 1 N–H and O–H groups in total. The number of benzene rings is 3. The van der Waals surface area contributed by atoms with Crippen LogP contribution in [-0.2, 0) is 0 Å². The first-order valence-electron chi connectivity index (χ1n) is 9.80. The minimum atomic E-state index is -4.59. The van der Waals surface area contributed by atoms with E-state index < -0.39 is 23.9 Å². The van der Waals surface area contributed by atoms with Crippen molar-refractivity contribution in [3.63, 3.8) is 0 Å². The summed E-state index contributed by atoms with van der Waals surface area (Å²) in [7, 11) is 0. The van der Waals surface area contributed by atoms with Crippen molar-refractivity contribution >= 4 is 58.4 Å². The number of hydrogen-bond acceptors (Lipinski definition) is 3. The molecule has 4 nitrogen and oxygen atoms in total. The molecule has 0 saturated carbocycles. The average Bonchev–Trinajstić information content (AvgIpc) is 3.03. The summed E-state index contributed by atoms with van der Waals surface area (Å²) in [6, 6.07) is 14.9. The third-order valence-electron chi connectivity index (χ3n) is 5.14. The van der Waals surface area contributed by atoms with Crippen LogP contribution in [0.15, 0.2) is 66.7 Å². The van der Waals surface area contributed by atoms with E-state index in [0.717, 1.165) is 23.2 Å². The third-order valence-corrected chi connectivity index (χ3v) is 6.34. The maximum Gasteiger partial charge on any atom is 0.399 e. The summed E-state index contributed by atoms with van der Waals surface area (Å²) in [5.74, 6) is -2.94. The number of rotatable bonds is 5. The summed E-state index contributed by atoms with van der Waals surface area (Å²) < 4.78 is 41.1. The van der Waals surface area contributed by atoms with E-state index in [0.29, 0.717) is 22.4 Å². The van der Waals surface area contributed by atoms with Gasteiger partial charge in [-0.3, -0.25) is 15.0 Å². The van der Waals surface area contributed by atoms with Crippen molar-refractivity contribution < 1.29 is 22.8 Å². The van der Waals surface area contributed by atoms with Gasteiger partial charge in [0.25, 0.3) is 11.8 Å². The predicted molar refractivity (Wildman–Crippen MR) is 126 cm³/mol. The van der Waals surface area contributed by atoms with Crippen LogP contribution in [0.3, 0.4) is 0 Å². The van der Waals surface area contributed by atoms with Crippen molar-refractivity contribution in [1.29, 1.82) is 0 Å². The fraction of sp³-hybridized carbons (Fsp3) is 0.0833. The molecule has 3 aromatic carbocycles. The molecule has 1 aliphatic rings. The van der Waals surface area contributed by atoms with Gasteiger partial charge in [0.2, 0.25) is 0 Å². The molecule has 0 fully saturated rings. The van der Waals surface area contributed by atoms with Gasteiger partial charge in [0.15, 0.2) is 0 Å². The second kappa shape index (κ2) is 9.33. The van der Waals surface area contributed by atoms with Crippen LogP contribution in [0.4, 0.5) is 18.9 Å². The lowest BCUT2D eigenvalue weighted by Crippen LogP contribution is -2.35. The molecule has 0 aliphatic carbocycles. The second-order valence-electron chi connectivity index (χ2n) is 7.40. The summed E-state index contributed by atoms with van der Waals surface area (Å²) >= 11 is 17.6. The van der Waals surface area contributed by atoms with Gasteiger partial charge in [-0.05, 0) is 47.5 Å². The number of allylic oxidation sites excluding steroid dienone is 1. The van der Waals surface area contributed by atoms with Gasteiger partial charge in [0.1, 0.15) is 0 Å². The van der Waals surface area contributed by atoms with E-state index in [-0.39, 0.29) is 20.6 Å². The maximum atomic E-state index is 13.7. The lowest BCUT2D eigenvalue weighted by atomic mass is 9.97. The minimum Gasteiger partial charge on any atom is -0.288 e. The number of carbonyl (C=O) groups excluding carboxylic acids is 2. The smallest absolute Gasteiger partial charge is 0.288 e. The summed E-state index contributed by atoms with van der Waals surface area (Å²) in [6.45, 7) is 0. The Morgan fingerprint density at radius 2 is 1.38 bits per heavy atom. The number of nitrogens with zero attached hydrogens (tertiary/aromatic N) is 1. The SMILES string of the molecule is O=C1c2ccccc2C(=O)N1Nc1ccc(C=CC(c2cc(Cl)c(Cl)c(Cl)c2)C(F)(F)F)cc1. The number of carbonyl (C=O) groups is 2. The van der Waals surface area contributed by atoms with Gasteiger partial charge in [-0.15, -0.1) is 0 Å². The van der Waals surface area contributed by atoms with Gasteiger partial charge in [-0.2, -0.15) is 18.2 Å². The number of alkyl halides is 3. The zero-order chi connectivity index (χ0) is 24.6. The number of imide groups is 1. The number of halogens is 6. The van der Waals surface area contributed by atoms with Crippen LogP contribution < -0.4 is 5.43 Å². The minimum absolute atomic E-state index is 0.0156. The van der Waals surface area contributed by atoms with Crippen molar-refractivity contribution in [2.75, 3.05) is 5.43 Å². The Morgan fingerprint density at radius 1 is 0.853 bits per heavy atom. The molecular formula is C24H14Cl3F3N2O2. The standard InChI is InChI=1S/C24H14Cl3F3N2O2/c25-19-11-14(12-20(26)21(19)27)18(24(28,29)30)10-7-13-5-8-15(9-6-13)31-32-22(33)16-3-1-2-4-17(16)23(32)34/h1-12,18,31H. The molecule has 0 radical (unpaired) electrons. The summed E-state index contributed by atoms with van der Waals surface area (Å²) in [5, 5.41) is 0.729. The molecule has 1 atom stereocenters. The van der Waals surface area contributed by atoms with Crippen LogP contribution in [0, 0.1) is 0 Å². The molecule has 0 spiro atoms. The fourth-order valence-corrected chi connectivity index (χ4v) is 4.07. The van der Waals surface area contributed by atoms with Crippen molar-refractivity contribution in [2.45, 2.75) is 12.1 Å². The van der Waals surface area contributed by atoms with Crippen LogP contribution >= 0.6 is 34.8 Å². The maximum absolute atomic E-state index is 13.7. The van der Waals surface area contributed by atoms with E-state index in [4.69, 9.17) is 34.8 Å². The number of amides is 2. The number of hydrogen-bond donors (Lipinski definition) is 1. The van der Waals surface area contributed by atoms with E-state index in [1.165, 1.54) is 6.08 Å². The topological polar surface area (TPSA) is 49.4 Å². The van der Waals surface area contributed by atoms with Gasteiger partial charge in [-0.1, -0.05) is 71.2 Å². The highest BCUT2D eigenvalue weighted by atomic mass is 35.5. The third kappa shape index (κ3) is 4.78. The van der Waals surface area contributed by atoms with Crippen molar-refractivity contribution in [3.05, 3.63) is 104 Å². The Kier molecular flexibility index (Phi) is 6.62. The Balaban J connectivity index is 1.52. The highest BCUT2D eigenvalue weighted by molar-refractivity contribution is 6.48. The van der Waals surface area contributed by atoms with Crippen molar-refractivity contribution in [2.24, 2.45) is 0 Å². The van der Waals surface area contributed by atoms with Crippen molar-refractivity contribution in [1.82, 2.24) is 5.01 Å². The zero-order valence-corrected chi connectivity index (χ0v) is 19.3. The molecule has 174 valence electrons. The Labute approximate surface area is 207 Å². The van der Waals surface area contributed by atoms with Crippen molar-refractivity contribution in [3.8, 4) is 0 Å². The molecule has 4 rings (SSSR count). The van der Waals surface area contributed by atoms with Gasteiger partial charge in [0.05, 0.1) is 37.8 Å². The van der Waals surface area contributed by atoms with Gasteiger partial charge >= 0.3 is 6.18 Å².